The predicted molar refractivity (Wildman–Crippen MR) is 93.2 cm³/mol. The van der Waals surface area contributed by atoms with E-state index in [9.17, 15) is 13.2 Å². The Morgan fingerprint density at radius 1 is 1.29 bits per heavy atom. The van der Waals surface area contributed by atoms with Gasteiger partial charge in [0.15, 0.2) is 5.96 Å². The number of nitrogens with one attached hydrogen (secondary N) is 2. The normalized spacial score (nSPS) is 18.0. The summed E-state index contributed by atoms with van der Waals surface area (Å²) in [5, 5.41) is 6.96. The first-order valence-electron chi connectivity index (χ1n) is 7.71. The zero-order valence-electron chi connectivity index (χ0n) is 13.4. The number of hydrogen-bond acceptors (Lipinski definition) is 2. The quantitative estimate of drug-likeness (QED) is 0.497. The minimum absolute atomic E-state index is 0.374. The smallest absolute Gasteiger partial charge is 0.355 e. The van der Waals surface area contributed by atoms with Crippen molar-refractivity contribution in [2.75, 3.05) is 25.9 Å². The van der Waals surface area contributed by atoms with Crippen LogP contribution in [-0.4, -0.2) is 37.1 Å². The maximum absolute atomic E-state index is 12.5. The van der Waals surface area contributed by atoms with Gasteiger partial charge in [-0.05, 0) is 42.9 Å². The first-order valence-corrected chi connectivity index (χ1v) is 8.76. The van der Waals surface area contributed by atoms with E-state index in [1.807, 2.05) is 11.8 Å². The van der Waals surface area contributed by atoms with Crippen molar-refractivity contribution in [1.82, 2.24) is 10.6 Å². The molecule has 0 aromatic heterocycles. The summed E-state index contributed by atoms with van der Waals surface area (Å²) >= 11 is 1.97. The number of guanidine groups is 1. The molecule has 1 aliphatic rings. The third-order valence-electron chi connectivity index (χ3n) is 3.53. The number of nitrogens with zero attached hydrogens (tertiary/aromatic N) is 1. The summed E-state index contributed by atoms with van der Waals surface area (Å²) in [4.78, 5) is 4.12. The maximum Gasteiger partial charge on any atom is 0.416 e. The van der Waals surface area contributed by atoms with Gasteiger partial charge >= 0.3 is 6.18 Å². The average Bonchev–Trinajstić information content (AvgIpc) is 3.07. The van der Waals surface area contributed by atoms with E-state index in [4.69, 9.17) is 0 Å². The summed E-state index contributed by atoms with van der Waals surface area (Å²) in [7, 11) is 1.69. The van der Waals surface area contributed by atoms with Gasteiger partial charge in [0.1, 0.15) is 0 Å². The van der Waals surface area contributed by atoms with Crippen LogP contribution in [0.25, 0.3) is 0 Å². The van der Waals surface area contributed by atoms with Crippen molar-refractivity contribution in [2.45, 2.75) is 24.3 Å². The van der Waals surface area contributed by atoms with Crippen LogP contribution in [0.5, 0.6) is 0 Å². The minimum Gasteiger partial charge on any atom is -0.355 e. The van der Waals surface area contributed by atoms with E-state index in [1.54, 1.807) is 7.05 Å². The summed E-state index contributed by atoms with van der Waals surface area (Å²) in [6, 6.07) is 4.83. The molecule has 1 atom stereocenters. The van der Waals surface area contributed by atoms with Crippen LogP contribution in [0.3, 0.4) is 0 Å². The lowest BCUT2D eigenvalue weighted by atomic mass is 10.1. The van der Waals surface area contributed by atoms with E-state index >= 15 is 0 Å². The van der Waals surface area contributed by atoms with Crippen molar-refractivity contribution in [3.8, 4) is 11.8 Å². The van der Waals surface area contributed by atoms with E-state index in [2.05, 4.69) is 27.5 Å². The number of aliphatic imine (C=N–C) groups is 1. The number of rotatable bonds is 3. The van der Waals surface area contributed by atoms with Gasteiger partial charge in [0.2, 0.25) is 0 Å². The fourth-order valence-electron chi connectivity index (χ4n) is 2.25. The molecule has 1 unspecified atom stereocenters. The van der Waals surface area contributed by atoms with Gasteiger partial charge in [-0.1, -0.05) is 11.8 Å². The molecule has 1 fully saturated rings. The molecule has 1 aromatic carbocycles. The van der Waals surface area contributed by atoms with Crippen LogP contribution < -0.4 is 10.6 Å². The lowest BCUT2D eigenvalue weighted by Gasteiger charge is -2.13. The molecule has 130 valence electrons. The zero-order chi connectivity index (χ0) is 17.4. The van der Waals surface area contributed by atoms with Gasteiger partial charge in [0, 0.05) is 24.4 Å². The molecule has 7 heteroatoms. The monoisotopic (exact) mass is 355 g/mol. The molecule has 0 aliphatic carbocycles. The van der Waals surface area contributed by atoms with E-state index in [-0.39, 0.29) is 0 Å². The fourth-order valence-corrected chi connectivity index (χ4v) is 3.45. The zero-order valence-corrected chi connectivity index (χ0v) is 14.2. The Morgan fingerprint density at radius 3 is 2.62 bits per heavy atom. The molecule has 0 amide bonds. The molecule has 3 nitrogen and oxygen atoms in total. The number of alkyl halides is 3. The molecule has 1 heterocycles. The largest absolute Gasteiger partial charge is 0.416 e. The Morgan fingerprint density at radius 2 is 2.04 bits per heavy atom. The van der Waals surface area contributed by atoms with Gasteiger partial charge in [-0.25, -0.2) is 0 Å². The van der Waals surface area contributed by atoms with E-state index in [1.165, 1.54) is 30.7 Å². The van der Waals surface area contributed by atoms with Crippen LogP contribution in [0, 0.1) is 11.8 Å². The molecule has 2 N–H and O–H groups in total. The summed E-state index contributed by atoms with van der Waals surface area (Å²) < 4.78 is 37.4. The summed E-state index contributed by atoms with van der Waals surface area (Å²) in [5.74, 6) is 7.62. The molecule has 0 saturated carbocycles. The van der Waals surface area contributed by atoms with Crippen molar-refractivity contribution >= 4 is 17.7 Å². The molecular weight excluding hydrogens is 335 g/mol. The van der Waals surface area contributed by atoms with E-state index in [0.29, 0.717) is 23.3 Å². The Bertz CT molecular complexity index is 609. The van der Waals surface area contributed by atoms with E-state index in [0.717, 1.165) is 18.7 Å². The fraction of sp³-hybridized carbons (Fsp3) is 0.471. The minimum atomic E-state index is -4.32. The summed E-state index contributed by atoms with van der Waals surface area (Å²) in [5.41, 5.74) is -0.115. The second-order valence-electron chi connectivity index (χ2n) is 5.32. The average molecular weight is 355 g/mol. The second kappa shape index (κ2) is 8.88. The van der Waals surface area contributed by atoms with Gasteiger partial charge in [-0.15, -0.1) is 0 Å². The van der Waals surface area contributed by atoms with E-state index < -0.39 is 11.7 Å². The Labute approximate surface area is 144 Å². The summed E-state index contributed by atoms with van der Waals surface area (Å²) in [6.07, 6.45) is -1.83. The van der Waals surface area contributed by atoms with Crippen LogP contribution in [0.15, 0.2) is 29.3 Å². The van der Waals surface area contributed by atoms with Crippen LogP contribution in [0.2, 0.25) is 0 Å². The molecule has 2 rings (SSSR count). The molecule has 1 saturated heterocycles. The Hall–Kier alpha value is -1.81. The lowest BCUT2D eigenvalue weighted by molar-refractivity contribution is -0.137. The molecule has 0 bridgehead atoms. The van der Waals surface area contributed by atoms with Crippen LogP contribution in [0.1, 0.15) is 24.0 Å². The highest BCUT2D eigenvalue weighted by atomic mass is 32.2. The summed E-state index contributed by atoms with van der Waals surface area (Å²) in [6.45, 7) is 1.25. The molecule has 24 heavy (non-hydrogen) atoms. The Balaban J connectivity index is 1.77. The third-order valence-corrected chi connectivity index (χ3v) is 4.93. The number of benzene rings is 1. The number of halogens is 3. The Kier molecular flexibility index (Phi) is 6.85. The van der Waals surface area contributed by atoms with Crippen molar-refractivity contribution in [1.29, 1.82) is 0 Å². The molecule has 1 aliphatic heterocycles. The highest BCUT2D eigenvalue weighted by Gasteiger charge is 2.29. The SMILES string of the molecule is CN=C(NCC#Cc1ccc(C(F)(F)F)cc1)NCC1CCCS1. The van der Waals surface area contributed by atoms with Crippen molar-refractivity contribution in [3.05, 3.63) is 35.4 Å². The van der Waals surface area contributed by atoms with Gasteiger partial charge in [-0.2, -0.15) is 24.9 Å². The number of hydrogen-bond donors (Lipinski definition) is 2. The second-order valence-corrected chi connectivity index (χ2v) is 6.73. The van der Waals surface area contributed by atoms with Crippen LogP contribution in [0.4, 0.5) is 13.2 Å². The highest BCUT2D eigenvalue weighted by molar-refractivity contribution is 8.00. The first-order chi connectivity index (χ1) is 11.5. The maximum atomic E-state index is 12.5. The van der Waals surface area contributed by atoms with Crippen LogP contribution in [-0.2, 0) is 6.18 Å². The first kappa shape index (κ1) is 18.5. The topological polar surface area (TPSA) is 36.4 Å². The molecule has 0 radical (unpaired) electrons. The lowest BCUT2D eigenvalue weighted by Crippen LogP contribution is -2.40. The van der Waals surface area contributed by atoms with Crippen molar-refractivity contribution in [3.63, 3.8) is 0 Å². The standard InChI is InChI=1S/C17H20F3N3S/c1-21-16(23-12-15-5-3-11-24-15)22-10-2-4-13-6-8-14(9-7-13)17(18,19)20/h6-9,15H,3,5,10-12H2,1H3,(H2,21,22,23). The molecule has 1 aromatic rings. The third kappa shape index (κ3) is 6.00. The van der Waals surface area contributed by atoms with Crippen molar-refractivity contribution < 1.29 is 13.2 Å². The van der Waals surface area contributed by atoms with Gasteiger partial charge in [-0.3, -0.25) is 4.99 Å². The van der Waals surface area contributed by atoms with Gasteiger partial charge < -0.3 is 10.6 Å². The number of thioether (sulfide) groups is 1. The van der Waals surface area contributed by atoms with Gasteiger partial charge in [0.05, 0.1) is 12.1 Å². The van der Waals surface area contributed by atoms with Crippen molar-refractivity contribution in [2.24, 2.45) is 4.99 Å². The van der Waals surface area contributed by atoms with Crippen LogP contribution >= 0.6 is 11.8 Å². The molecular formula is C17H20F3N3S. The predicted octanol–water partition coefficient (Wildman–Crippen LogP) is 3.12. The van der Waals surface area contributed by atoms with Gasteiger partial charge in [0.25, 0.3) is 0 Å². The highest BCUT2D eigenvalue weighted by Crippen LogP contribution is 2.29. The molecule has 0 spiro atoms.